The van der Waals surface area contributed by atoms with Gasteiger partial charge in [0.05, 0.1) is 0 Å². The van der Waals surface area contributed by atoms with Gasteiger partial charge in [-0.05, 0) is 30.3 Å². The minimum absolute atomic E-state index is 0.0411. The number of amides is 1. The molecule has 0 spiro atoms. The largest absolute Gasteiger partial charge is 0.478 e. The van der Waals surface area contributed by atoms with Gasteiger partial charge < -0.3 is 10.1 Å². The van der Waals surface area contributed by atoms with Crippen molar-refractivity contribution >= 4 is 39.2 Å². The van der Waals surface area contributed by atoms with E-state index in [1.165, 1.54) is 0 Å². The smallest absolute Gasteiger partial charge is 0.256 e. The van der Waals surface area contributed by atoms with Crippen LogP contribution in [0.4, 0.5) is 5.69 Å². The van der Waals surface area contributed by atoms with Crippen molar-refractivity contribution in [3.05, 3.63) is 58.1 Å². The van der Waals surface area contributed by atoms with Crippen LogP contribution in [0.25, 0.3) is 11.6 Å². The summed E-state index contributed by atoms with van der Waals surface area (Å²) in [5, 5.41) is 11.5. The molecule has 0 saturated carbocycles. The summed E-state index contributed by atoms with van der Waals surface area (Å²) in [4.78, 5) is 12.2. The van der Waals surface area contributed by atoms with Gasteiger partial charge in [0.2, 0.25) is 0 Å². The number of hydrogen-bond donors (Lipinski definition) is 1. The second kappa shape index (κ2) is 6.04. The Kier molecular flexibility index (Phi) is 3.94. The zero-order valence-corrected chi connectivity index (χ0v) is 13.1. The predicted octanol–water partition coefficient (Wildman–Crippen LogP) is 3.84. The van der Waals surface area contributed by atoms with Crippen molar-refractivity contribution in [1.29, 1.82) is 5.26 Å². The number of halogens is 1. The molecule has 0 aromatic heterocycles. The number of hydrogen-bond acceptors (Lipinski definition) is 3. The topological polar surface area (TPSA) is 62.1 Å². The van der Waals surface area contributed by atoms with Gasteiger partial charge in [0.1, 0.15) is 11.8 Å². The summed E-state index contributed by atoms with van der Waals surface area (Å²) in [7, 11) is 0. The third-order valence-electron chi connectivity index (χ3n) is 3.27. The summed E-state index contributed by atoms with van der Waals surface area (Å²) in [6.07, 6.45) is 1.78. The van der Waals surface area contributed by atoms with Crippen LogP contribution in [-0.4, -0.2) is 12.5 Å². The summed E-state index contributed by atoms with van der Waals surface area (Å²) in [5.41, 5.74) is 2.98. The quantitative estimate of drug-likeness (QED) is 0.851. The molecule has 0 atom stereocenters. The third kappa shape index (κ3) is 2.74. The number of nitrogens with one attached hydrogen (secondary N) is 1. The molecule has 0 radical (unpaired) electrons. The first kappa shape index (κ1) is 14.4. The molecule has 108 valence electrons. The van der Waals surface area contributed by atoms with Gasteiger partial charge >= 0.3 is 0 Å². The van der Waals surface area contributed by atoms with E-state index in [1.807, 2.05) is 42.5 Å². The maximum Gasteiger partial charge on any atom is 0.256 e. The number of ether oxygens (including phenoxy) is 1. The van der Waals surface area contributed by atoms with Crippen molar-refractivity contribution in [2.24, 2.45) is 0 Å². The van der Waals surface area contributed by atoms with Crippen molar-refractivity contribution < 1.29 is 9.53 Å². The van der Waals surface area contributed by atoms with Gasteiger partial charge in [0, 0.05) is 26.9 Å². The number of carbonyl (C=O) groups is 1. The highest BCUT2D eigenvalue weighted by molar-refractivity contribution is 9.10. The van der Waals surface area contributed by atoms with Crippen molar-refractivity contribution in [3.8, 4) is 11.8 Å². The van der Waals surface area contributed by atoms with Gasteiger partial charge in [-0.3, -0.25) is 4.79 Å². The monoisotopic (exact) mass is 354 g/mol. The zero-order chi connectivity index (χ0) is 15.5. The fourth-order valence-electron chi connectivity index (χ4n) is 2.31. The standard InChI is InChI=1S/C17H11BrN2O2/c18-12-5-6-16(22-8-7-19)11(9-12)10-14-13-3-1-2-4-15(13)20-17(14)21/h1-6,9-10H,8H2,(H,20,21)/b14-10-. The lowest BCUT2D eigenvalue weighted by Crippen LogP contribution is -2.04. The molecule has 1 heterocycles. The Bertz CT molecular complexity index is 822. The van der Waals surface area contributed by atoms with Gasteiger partial charge in [-0.1, -0.05) is 34.1 Å². The highest BCUT2D eigenvalue weighted by Gasteiger charge is 2.23. The second-order valence-electron chi connectivity index (χ2n) is 4.69. The summed E-state index contributed by atoms with van der Waals surface area (Å²) < 4.78 is 6.29. The van der Waals surface area contributed by atoms with Crippen LogP contribution in [0.2, 0.25) is 0 Å². The SMILES string of the molecule is N#CCOc1ccc(Br)cc1/C=C1\C(=O)Nc2ccccc21. The lowest BCUT2D eigenvalue weighted by atomic mass is 10.0. The fourth-order valence-corrected chi connectivity index (χ4v) is 2.69. The number of rotatable bonds is 3. The molecule has 0 unspecified atom stereocenters. The van der Waals surface area contributed by atoms with Crippen molar-refractivity contribution in [1.82, 2.24) is 0 Å². The summed E-state index contributed by atoms with van der Waals surface area (Å²) in [6.45, 7) is -0.0411. The maximum atomic E-state index is 12.2. The van der Waals surface area contributed by atoms with Gasteiger partial charge in [-0.2, -0.15) is 5.26 Å². The van der Waals surface area contributed by atoms with Crippen LogP contribution >= 0.6 is 15.9 Å². The van der Waals surface area contributed by atoms with Gasteiger partial charge in [0.15, 0.2) is 6.61 Å². The molecule has 0 bridgehead atoms. The molecule has 22 heavy (non-hydrogen) atoms. The molecule has 2 aromatic rings. The van der Waals surface area contributed by atoms with Crippen LogP contribution in [0.5, 0.6) is 5.75 Å². The van der Waals surface area contributed by atoms with E-state index in [4.69, 9.17) is 10.00 Å². The summed E-state index contributed by atoms with van der Waals surface area (Å²) >= 11 is 3.41. The molecule has 3 rings (SSSR count). The van der Waals surface area contributed by atoms with E-state index >= 15 is 0 Å². The number of benzene rings is 2. The minimum Gasteiger partial charge on any atom is -0.478 e. The van der Waals surface area contributed by atoms with Crippen LogP contribution in [-0.2, 0) is 4.79 Å². The fraction of sp³-hybridized carbons (Fsp3) is 0.0588. The zero-order valence-electron chi connectivity index (χ0n) is 11.5. The first-order chi connectivity index (χ1) is 10.7. The van der Waals surface area contributed by atoms with Gasteiger partial charge in [0.25, 0.3) is 5.91 Å². The van der Waals surface area contributed by atoms with Gasteiger partial charge in [-0.15, -0.1) is 0 Å². The van der Waals surface area contributed by atoms with E-state index < -0.39 is 0 Å². The molecule has 0 fully saturated rings. The molecule has 0 saturated heterocycles. The van der Waals surface area contributed by atoms with Crippen LogP contribution in [0.1, 0.15) is 11.1 Å². The highest BCUT2D eigenvalue weighted by Crippen LogP contribution is 2.35. The first-order valence-electron chi connectivity index (χ1n) is 6.61. The number of carbonyl (C=O) groups excluding carboxylic acids is 1. The van der Waals surface area contributed by atoms with E-state index in [9.17, 15) is 4.79 Å². The maximum absolute atomic E-state index is 12.2. The predicted molar refractivity (Wildman–Crippen MR) is 88.2 cm³/mol. The number of para-hydroxylation sites is 1. The van der Waals surface area contributed by atoms with E-state index in [2.05, 4.69) is 21.2 Å². The van der Waals surface area contributed by atoms with Gasteiger partial charge in [-0.25, -0.2) is 0 Å². The Morgan fingerprint density at radius 2 is 2.09 bits per heavy atom. The Labute approximate surface area is 136 Å². The molecule has 2 aromatic carbocycles. The molecule has 1 aliphatic heterocycles. The molecule has 5 heteroatoms. The van der Waals surface area contributed by atoms with E-state index in [0.29, 0.717) is 11.3 Å². The van der Waals surface area contributed by atoms with Crippen LogP contribution < -0.4 is 10.1 Å². The molecule has 1 amide bonds. The average molecular weight is 355 g/mol. The number of fused-ring (bicyclic) bond motifs is 1. The van der Waals surface area contributed by atoms with E-state index in [1.54, 1.807) is 12.1 Å². The number of nitriles is 1. The molecule has 1 aliphatic rings. The van der Waals surface area contributed by atoms with E-state index in [-0.39, 0.29) is 12.5 Å². The third-order valence-corrected chi connectivity index (χ3v) is 3.77. The van der Waals surface area contributed by atoms with Crippen LogP contribution in [0.15, 0.2) is 46.9 Å². The lowest BCUT2D eigenvalue weighted by molar-refractivity contribution is -0.110. The Hall–Kier alpha value is -2.58. The lowest BCUT2D eigenvalue weighted by Gasteiger charge is -2.07. The van der Waals surface area contributed by atoms with Crippen molar-refractivity contribution in [3.63, 3.8) is 0 Å². The average Bonchev–Trinajstić information content (AvgIpc) is 2.83. The normalized spacial score (nSPS) is 14.4. The number of nitrogens with zero attached hydrogens (tertiary/aromatic N) is 1. The van der Waals surface area contributed by atoms with Crippen LogP contribution in [0, 0.1) is 11.3 Å². The highest BCUT2D eigenvalue weighted by atomic mass is 79.9. The first-order valence-corrected chi connectivity index (χ1v) is 7.40. The summed E-state index contributed by atoms with van der Waals surface area (Å²) in [6, 6.07) is 14.9. The molecular weight excluding hydrogens is 344 g/mol. The Balaban J connectivity index is 2.07. The van der Waals surface area contributed by atoms with Crippen LogP contribution in [0.3, 0.4) is 0 Å². The Morgan fingerprint density at radius 1 is 1.27 bits per heavy atom. The minimum atomic E-state index is -0.146. The molecule has 0 aliphatic carbocycles. The number of anilines is 1. The molecule has 4 nitrogen and oxygen atoms in total. The Morgan fingerprint density at radius 3 is 2.91 bits per heavy atom. The summed E-state index contributed by atoms with van der Waals surface area (Å²) in [5.74, 6) is 0.418. The molecule has 1 N–H and O–H groups in total. The van der Waals surface area contributed by atoms with E-state index in [0.717, 1.165) is 21.3 Å². The van der Waals surface area contributed by atoms with Crippen molar-refractivity contribution in [2.45, 2.75) is 0 Å². The molecular formula is C17H11BrN2O2. The van der Waals surface area contributed by atoms with Crippen molar-refractivity contribution in [2.75, 3.05) is 11.9 Å². The second-order valence-corrected chi connectivity index (χ2v) is 5.60.